The van der Waals surface area contributed by atoms with Gasteiger partial charge in [-0.05, 0) is 74.0 Å². The molecule has 4 aliphatic rings. The van der Waals surface area contributed by atoms with Gasteiger partial charge < -0.3 is 9.69 Å². The molecule has 4 aliphatic carbocycles. The van der Waals surface area contributed by atoms with E-state index in [1.54, 1.807) is 5.57 Å². The zero-order valence-corrected chi connectivity index (χ0v) is 18.5. The first-order valence-electron chi connectivity index (χ1n) is 11.3. The second kappa shape index (κ2) is 6.34. The van der Waals surface area contributed by atoms with Crippen LogP contribution >= 0.6 is 0 Å². The van der Waals surface area contributed by atoms with E-state index in [2.05, 4.69) is 46.2 Å². The fraction of sp³-hybridized carbons (Fsp3) is 0.875. The molecule has 3 heteroatoms. The van der Waals surface area contributed by atoms with Crippen LogP contribution < -0.4 is 0 Å². The Hall–Kier alpha value is -0.830. The summed E-state index contributed by atoms with van der Waals surface area (Å²) in [7, 11) is 7.11. The SMILES string of the molecule is C/C(=N\O)C1CCC2C3CC=C4CC([N+](C)(C)C)CCC4(C)C3CCC12C. The molecule has 4 rings (SSSR count). The number of hydrogen-bond acceptors (Lipinski definition) is 2. The van der Waals surface area contributed by atoms with Crippen LogP contribution in [-0.4, -0.2) is 42.6 Å². The van der Waals surface area contributed by atoms with Gasteiger partial charge in [0.15, 0.2) is 0 Å². The Balaban J connectivity index is 1.61. The molecular weight excluding hydrogens is 332 g/mol. The molecule has 0 aromatic carbocycles. The monoisotopic (exact) mass is 373 g/mol. The van der Waals surface area contributed by atoms with Gasteiger partial charge in [-0.25, -0.2) is 0 Å². The summed E-state index contributed by atoms with van der Waals surface area (Å²) in [5.41, 5.74) is 3.55. The predicted molar refractivity (Wildman–Crippen MR) is 112 cm³/mol. The van der Waals surface area contributed by atoms with E-state index in [0.29, 0.717) is 16.7 Å². The summed E-state index contributed by atoms with van der Waals surface area (Å²) in [5.74, 6) is 3.01. The topological polar surface area (TPSA) is 32.6 Å². The normalized spacial score (nSPS) is 47.7. The van der Waals surface area contributed by atoms with Crippen LogP contribution in [0.5, 0.6) is 0 Å². The highest BCUT2D eigenvalue weighted by Crippen LogP contribution is 2.66. The molecule has 3 saturated carbocycles. The lowest BCUT2D eigenvalue weighted by molar-refractivity contribution is -0.897. The molecule has 152 valence electrons. The second-order valence-corrected chi connectivity index (χ2v) is 11.7. The number of fused-ring (bicyclic) bond motifs is 5. The van der Waals surface area contributed by atoms with Crippen LogP contribution in [0.1, 0.15) is 72.1 Å². The molecule has 0 heterocycles. The van der Waals surface area contributed by atoms with Gasteiger partial charge in [-0.3, -0.25) is 0 Å². The maximum atomic E-state index is 9.40. The largest absolute Gasteiger partial charge is 0.411 e. The quantitative estimate of drug-likeness (QED) is 0.224. The number of nitrogens with zero attached hydrogens (tertiary/aromatic N) is 2. The summed E-state index contributed by atoms with van der Waals surface area (Å²) in [6.45, 7) is 7.16. The van der Waals surface area contributed by atoms with Gasteiger partial charge in [0, 0.05) is 18.8 Å². The van der Waals surface area contributed by atoms with E-state index in [1.807, 2.05) is 6.92 Å². The van der Waals surface area contributed by atoms with Crippen molar-refractivity contribution >= 4 is 5.71 Å². The second-order valence-electron chi connectivity index (χ2n) is 11.7. The Kier molecular flexibility index (Phi) is 4.57. The van der Waals surface area contributed by atoms with Gasteiger partial charge in [0.1, 0.15) is 0 Å². The van der Waals surface area contributed by atoms with E-state index in [0.717, 1.165) is 34.0 Å². The minimum atomic E-state index is 0.346. The molecule has 3 nitrogen and oxygen atoms in total. The molecule has 0 radical (unpaired) electrons. The average Bonchev–Trinajstić information content (AvgIpc) is 2.96. The van der Waals surface area contributed by atoms with Gasteiger partial charge in [-0.1, -0.05) is 30.7 Å². The minimum absolute atomic E-state index is 0.346. The maximum absolute atomic E-state index is 9.40. The molecule has 0 saturated heterocycles. The molecular formula is C24H41N2O+. The zero-order chi connectivity index (χ0) is 19.6. The molecule has 0 amide bonds. The number of rotatable bonds is 2. The molecule has 0 aliphatic heterocycles. The molecule has 0 bridgehead atoms. The summed E-state index contributed by atoms with van der Waals surface area (Å²) < 4.78 is 1.10. The summed E-state index contributed by atoms with van der Waals surface area (Å²) in [5, 5.41) is 13.0. The van der Waals surface area contributed by atoms with Crippen molar-refractivity contribution in [3.05, 3.63) is 11.6 Å². The zero-order valence-electron chi connectivity index (χ0n) is 18.5. The first kappa shape index (κ1) is 19.5. The van der Waals surface area contributed by atoms with Gasteiger partial charge >= 0.3 is 0 Å². The van der Waals surface area contributed by atoms with Crippen molar-refractivity contribution < 1.29 is 9.69 Å². The van der Waals surface area contributed by atoms with Crippen LogP contribution in [0.2, 0.25) is 0 Å². The van der Waals surface area contributed by atoms with E-state index in [4.69, 9.17) is 0 Å². The van der Waals surface area contributed by atoms with Crippen molar-refractivity contribution in [2.45, 2.75) is 78.2 Å². The molecule has 7 atom stereocenters. The lowest BCUT2D eigenvalue weighted by Crippen LogP contribution is -2.54. The first-order chi connectivity index (χ1) is 12.6. The molecule has 0 aromatic rings. The molecule has 1 N–H and O–H groups in total. The van der Waals surface area contributed by atoms with E-state index in [1.165, 1.54) is 51.4 Å². The molecule has 0 spiro atoms. The first-order valence-corrected chi connectivity index (χ1v) is 11.3. The van der Waals surface area contributed by atoms with E-state index in [-0.39, 0.29) is 0 Å². The molecule has 3 fully saturated rings. The van der Waals surface area contributed by atoms with Crippen LogP contribution in [-0.2, 0) is 0 Å². The summed E-state index contributed by atoms with van der Waals surface area (Å²) in [6.07, 6.45) is 13.3. The van der Waals surface area contributed by atoms with Crippen LogP contribution in [0.15, 0.2) is 16.8 Å². The van der Waals surface area contributed by atoms with Crippen molar-refractivity contribution in [1.29, 1.82) is 0 Å². The van der Waals surface area contributed by atoms with Crippen LogP contribution in [0.25, 0.3) is 0 Å². The standard InChI is InChI=1S/C24H40N2O/c1-16(25-27)20-9-10-21-19-8-7-17-15-18(26(4,5)6)11-13-23(17,2)22(19)12-14-24(20,21)3/h7,18-22H,8-15H2,1-6H3/p+1/b25-16+. The van der Waals surface area contributed by atoms with Crippen LogP contribution in [0.3, 0.4) is 0 Å². The average molecular weight is 374 g/mol. The van der Waals surface area contributed by atoms with Gasteiger partial charge in [0.25, 0.3) is 0 Å². The Morgan fingerprint density at radius 2 is 1.81 bits per heavy atom. The third kappa shape index (κ3) is 2.82. The highest BCUT2D eigenvalue weighted by atomic mass is 16.4. The summed E-state index contributed by atoms with van der Waals surface area (Å²) in [4.78, 5) is 0. The van der Waals surface area contributed by atoms with E-state index < -0.39 is 0 Å². The number of quaternary nitrogens is 1. The third-order valence-electron chi connectivity index (χ3n) is 9.84. The molecule has 0 aromatic heterocycles. The lowest BCUT2D eigenvalue weighted by atomic mass is 9.47. The van der Waals surface area contributed by atoms with E-state index in [9.17, 15) is 5.21 Å². The Morgan fingerprint density at radius 1 is 1.07 bits per heavy atom. The van der Waals surface area contributed by atoms with Crippen molar-refractivity contribution in [3.8, 4) is 0 Å². The highest BCUT2D eigenvalue weighted by molar-refractivity contribution is 5.85. The predicted octanol–water partition coefficient (Wildman–Crippen LogP) is 5.49. The summed E-state index contributed by atoms with van der Waals surface area (Å²) in [6, 6.07) is 0.786. The smallest absolute Gasteiger partial charge is 0.0922 e. The Morgan fingerprint density at radius 3 is 2.48 bits per heavy atom. The minimum Gasteiger partial charge on any atom is -0.411 e. The van der Waals surface area contributed by atoms with Crippen molar-refractivity contribution in [2.24, 2.45) is 39.7 Å². The van der Waals surface area contributed by atoms with Gasteiger partial charge in [-0.15, -0.1) is 0 Å². The van der Waals surface area contributed by atoms with Gasteiger partial charge in [0.05, 0.1) is 32.9 Å². The maximum Gasteiger partial charge on any atom is 0.0922 e. The van der Waals surface area contributed by atoms with Gasteiger partial charge in [0.2, 0.25) is 0 Å². The fourth-order valence-electron chi connectivity index (χ4n) is 8.06. The molecule has 27 heavy (non-hydrogen) atoms. The number of allylic oxidation sites excluding steroid dienone is 1. The fourth-order valence-corrected chi connectivity index (χ4v) is 8.06. The van der Waals surface area contributed by atoms with Gasteiger partial charge in [-0.2, -0.15) is 0 Å². The lowest BCUT2D eigenvalue weighted by Gasteiger charge is -2.58. The Labute approximate surface area is 166 Å². The number of hydrogen-bond donors (Lipinski definition) is 1. The highest BCUT2D eigenvalue weighted by Gasteiger charge is 2.59. The van der Waals surface area contributed by atoms with Crippen molar-refractivity contribution in [1.82, 2.24) is 0 Å². The van der Waals surface area contributed by atoms with Crippen LogP contribution in [0, 0.1) is 34.5 Å². The van der Waals surface area contributed by atoms with E-state index >= 15 is 0 Å². The number of oxime groups is 1. The molecule has 7 unspecified atom stereocenters. The van der Waals surface area contributed by atoms with Crippen molar-refractivity contribution in [2.75, 3.05) is 21.1 Å². The Bertz CT molecular complexity index is 660. The summed E-state index contributed by atoms with van der Waals surface area (Å²) >= 11 is 0. The van der Waals surface area contributed by atoms with Crippen molar-refractivity contribution in [3.63, 3.8) is 0 Å². The van der Waals surface area contributed by atoms with Crippen LogP contribution in [0.4, 0.5) is 0 Å². The third-order valence-corrected chi connectivity index (χ3v) is 9.84.